The van der Waals surface area contributed by atoms with Crippen LogP contribution in [0.5, 0.6) is 0 Å². The summed E-state index contributed by atoms with van der Waals surface area (Å²) in [5.41, 5.74) is 13.6. The standard InChI is InChI=1S/C3H9N.CH4N2O/c1-3(2)4;2-1(3)4/h3H,4H2,1-2H3;(H4,2,3,4). The molecule has 0 aliphatic rings. The van der Waals surface area contributed by atoms with Gasteiger partial charge >= 0.3 is 6.03 Å². The van der Waals surface area contributed by atoms with Crippen LogP contribution in [0.25, 0.3) is 0 Å². The molecule has 0 bridgehead atoms. The van der Waals surface area contributed by atoms with Crippen LogP contribution < -0.4 is 17.2 Å². The zero-order valence-corrected chi connectivity index (χ0v) is 5.22. The summed E-state index contributed by atoms with van der Waals surface area (Å²) in [6, 6.07) is -0.500. The number of hydrogen-bond acceptors (Lipinski definition) is 2. The number of primary amides is 2. The quantitative estimate of drug-likeness (QED) is 0.396. The highest BCUT2D eigenvalue weighted by molar-refractivity contribution is 5.69. The van der Waals surface area contributed by atoms with E-state index in [0.717, 1.165) is 0 Å². The lowest BCUT2D eigenvalue weighted by Gasteiger charge is -1.81. The Morgan fingerprint density at radius 3 is 1.38 bits per heavy atom. The Hall–Kier alpha value is -0.770. The third-order valence-electron chi connectivity index (χ3n) is 0. The highest BCUT2D eigenvalue weighted by atomic mass is 16.2. The smallest absolute Gasteiger partial charge is 0.309 e. The summed E-state index contributed by atoms with van der Waals surface area (Å²) in [4.78, 5) is 9.00. The normalized spacial score (nSPS) is 7.50. The van der Waals surface area contributed by atoms with Crippen molar-refractivity contribution in [3.63, 3.8) is 0 Å². The van der Waals surface area contributed by atoms with E-state index < -0.39 is 6.03 Å². The fourth-order valence-electron chi connectivity index (χ4n) is 0. The Kier molecular flexibility index (Phi) is 7.99. The second kappa shape index (κ2) is 6.23. The molecule has 0 radical (unpaired) electrons. The lowest BCUT2D eigenvalue weighted by Crippen LogP contribution is -2.18. The van der Waals surface area contributed by atoms with Gasteiger partial charge < -0.3 is 17.2 Å². The third-order valence-corrected chi connectivity index (χ3v) is 0. The molecule has 0 aliphatic carbocycles. The minimum atomic E-state index is -0.833. The molecule has 50 valence electrons. The molecule has 0 aromatic carbocycles. The molecule has 0 saturated heterocycles. The van der Waals surface area contributed by atoms with E-state index in [1.54, 1.807) is 0 Å². The monoisotopic (exact) mass is 119 g/mol. The van der Waals surface area contributed by atoms with Crippen LogP contribution in [0.2, 0.25) is 0 Å². The molecule has 0 unspecified atom stereocenters. The average molecular weight is 119 g/mol. The van der Waals surface area contributed by atoms with Gasteiger partial charge in [0.25, 0.3) is 0 Å². The van der Waals surface area contributed by atoms with Gasteiger partial charge in [-0.2, -0.15) is 0 Å². The Bertz CT molecular complexity index is 55.5. The van der Waals surface area contributed by atoms with Crippen LogP contribution in [0.15, 0.2) is 0 Å². The van der Waals surface area contributed by atoms with E-state index >= 15 is 0 Å². The highest BCUT2D eigenvalue weighted by Gasteiger charge is 1.67. The molecule has 4 nitrogen and oxygen atoms in total. The molecule has 6 N–H and O–H groups in total. The van der Waals surface area contributed by atoms with Crippen molar-refractivity contribution in [3.05, 3.63) is 0 Å². The molecular weight excluding hydrogens is 106 g/mol. The zero-order valence-electron chi connectivity index (χ0n) is 5.22. The Labute approximate surface area is 49.0 Å². The summed E-state index contributed by atoms with van der Waals surface area (Å²) in [5, 5.41) is 0. The maximum atomic E-state index is 9.00. The Morgan fingerprint density at radius 2 is 1.38 bits per heavy atom. The first-order valence-electron chi connectivity index (χ1n) is 2.27. The van der Waals surface area contributed by atoms with E-state index in [-0.39, 0.29) is 0 Å². The summed E-state index contributed by atoms with van der Waals surface area (Å²) < 4.78 is 0. The van der Waals surface area contributed by atoms with E-state index in [9.17, 15) is 0 Å². The van der Waals surface area contributed by atoms with Crippen LogP contribution in [0.4, 0.5) is 4.79 Å². The lowest BCUT2D eigenvalue weighted by molar-refractivity contribution is 0.256. The Balaban J connectivity index is 0. The number of nitrogens with two attached hydrogens (primary N) is 3. The van der Waals surface area contributed by atoms with Crippen molar-refractivity contribution in [2.24, 2.45) is 17.2 Å². The first-order chi connectivity index (χ1) is 3.46. The van der Waals surface area contributed by atoms with E-state index in [4.69, 9.17) is 10.5 Å². The number of rotatable bonds is 0. The van der Waals surface area contributed by atoms with Crippen LogP contribution in [0, 0.1) is 0 Å². The zero-order chi connectivity index (χ0) is 7.15. The van der Waals surface area contributed by atoms with Crippen LogP contribution in [-0.4, -0.2) is 12.1 Å². The molecule has 0 atom stereocenters. The van der Waals surface area contributed by atoms with Crippen LogP contribution in [0.1, 0.15) is 13.8 Å². The van der Waals surface area contributed by atoms with Crippen LogP contribution in [-0.2, 0) is 0 Å². The van der Waals surface area contributed by atoms with Crippen molar-refractivity contribution in [1.82, 2.24) is 0 Å². The summed E-state index contributed by atoms with van der Waals surface area (Å²) in [5.74, 6) is 0. The highest BCUT2D eigenvalue weighted by Crippen LogP contribution is 1.58. The van der Waals surface area contributed by atoms with Gasteiger partial charge in [-0.1, -0.05) is 13.8 Å². The summed E-state index contributed by atoms with van der Waals surface area (Å²) in [7, 11) is 0. The van der Waals surface area contributed by atoms with E-state index in [2.05, 4.69) is 11.5 Å². The molecule has 2 amide bonds. The molecule has 0 aromatic heterocycles. The second-order valence-corrected chi connectivity index (χ2v) is 1.65. The van der Waals surface area contributed by atoms with Gasteiger partial charge in [0.05, 0.1) is 0 Å². The van der Waals surface area contributed by atoms with Gasteiger partial charge in [0.1, 0.15) is 0 Å². The second-order valence-electron chi connectivity index (χ2n) is 1.65. The van der Waals surface area contributed by atoms with E-state index in [0.29, 0.717) is 6.04 Å². The third kappa shape index (κ3) is 158. The van der Waals surface area contributed by atoms with Crippen molar-refractivity contribution in [3.8, 4) is 0 Å². The van der Waals surface area contributed by atoms with Gasteiger partial charge in [-0.15, -0.1) is 0 Å². The van der Waals surface area contributed by atoms with E-state index in [1.807, 2.05) is 13.8 Å². The summed E-state index contributed by atoms with van der Waals surface area (Å²) in [6.07, 6.45) is 0. The van der Waals surface area contributed by atoms with Gasteiger partial charge in [0.15, 0.2) is 0 Å². The summed E-state index contributed by atoms with van der Waals surface area (Å²) >= 11 is 0. The number of urea groups is 1. The average Bonchev–Trinajstić information content (AvgIpc) is 1.25. The van der Waals surface area contributed by atoms with Crippen molar-refractivity contribution in [1.29, 1.82) is 0 Å². The minimum Gasteiger partial charge on any atom is -0.352 e. The van der Waals surface area contributed by atoms with Gasteiger partial charge in [-0.3, -0.25) is 0 Å². The van der Waals surface area contributed by atoms with Crippen LogP contribution in [0.3, 0.4) is 0 Å². The predicted molar refractivity (Wildman–Crippen MR) is 33.1 cm³/mol. The number of carbonyl (C=O) groups excluding carboxylic acids is 1. The Morgan fingerprint density at radius 1 is 1.38 bits per heavy atom. The minimum absolute atomic E-state index is 0.333. The molecule has 8 heavy (non-hydrogen) atoms. The maximum Gasteiger partial charge on any atom is 0.309 e. The number of carbonyl (C=O) groups is 1. The summed E-state index contributed by atoms with van der Waals surface area (Å²) in [6.45, 7) is 3.89. The first-order valence-corrected chi connectivity index (χ1v) is 2.27. The molecule has 0 aliphatic heterocycles. The molecule has 0 aromatic rings. The largest absolute Gasteiger partial charge is 0.352 e. The van der Waals surface area contributed by atoms with Gasteiger partial charge in [0, 0.05) is 0 Å². The van der Waals surface area contributed by atoms with Gasteiger partial charge in [0.2, 0.25) is 0 Å². The number of hydrogen-bond donors (Lipinski definition) is 3. The predicted octanol–water partition coefficient (Wildman–Crippen LogP) is -0.623. The van der Waals surface area contributed by atoms with Crippen molar-refractivity contribution >= 4 is 6.03 Å². The first kappa shape index (κ1) is 10.3. The van der Waals surface area contributed by atoms with Gasteiger partial charge in [-0.05, 0) is 6.04 Å². The molecule has 0 rings (SSSR count). The molecule has 0 fully saturated rings. The molecular formula is C4H13N3O. The SMILES string of the molecule is CC(C)N.NC(N)=O. The molecule has 0 heterocycles. The molecule has 0 saturated carbocycles. The fraction of sp³-hybridized carbons (Fsp3) is 0.750. The van der Waals surface area contributed by atoms with Gasteiger partial charge in [-0.25, -0.2) is 4.79 Å². The van der Waals surface area contributed by atoms with Crippen LogP contribution >= 0.6 is 0 Å². The lowest BCUT2D eigenvalue weighted by atomic mass is 10.5. The maximum absolute atomic E-state index is 9.00. The van der Waals surface area contributed by atoms with Crippen molar-refractivity contribution < 1.29 is 4.79 Å². The number of amides is 2. The topological polar surface area (TPSA) is 95.1 Å². The van der Waals surface area contributed by atoms with Crippen molar-refractivity contribution in [2.45, 2.75) is 19.9 Å². The molecule has 4 heteroatoms. The van der Waals surface area contributed by atoms with E-state index in [1.165, 1.54) is 0 Å². The molecule has 0 spiro atoms. The fourth-order valence-corrected chi connectivity index (χ4v) is 0. The van der Waals surface area contributed by atoms with Crippen molar-refractivity contribution in [2.75, 3.05) is 0 Å².